The third kappa shape index (κ3) is 0.593. The molecule has 58 valence electrons. The summed E-state index contributed by atoms with van der Waals surface area (Å²) in [6.07, 6.45) is 1.95. The number of rotatable bonds is 0. The largest absolute Gasteiger partial charge is 0.359 e. The summed E-state index contributed by atoms with van der Waals surface area (Å²) in [5, 5.41) is 1.26. The second-order valence-corrected chi connectivity index (χ2v) is 2.94. The minimum atomic E-state index is 1.18. The predicted octanol–water partition coefficient (Wildman–Crippen LogP) is 2.65. The molecule has 0 aliphatic heterocycles. The lowest BCUT2D eigenvalue weighted by Gasteiger charge is -1.85. The van der Waals surface area contributed by atoms with E-state index in [-0.39, 0.29) is 0 Å². The SMILES string of the molecule is c1ccc2c(c1)[nH]c1cc[nH]c12. The van der Waals surface area contributed by atoms with E-state index in [1.165, 1.54) is 21.9 Å². The third-order valence-corrected chi connectivity index (χ3v) is 2.21. The van der Waals surface area contributed by atoms with E-state index >= 15 is 0 Å². The molecular weight excluding hydrogens is 148 g/mol. The Bertz CT molecular complexity index is 530. The van der Waals surface area contributed by atoms with E-state index < -0.39 is 0 Å². The molecule has 0 fully saturated rings. The molecule has 0 unspecified atom stereocenters. The molecule has 3 aromatic rings. The van der Waals surface area contributed by atoms with Gasteiger partial charge < -0.3 is 9.97 Å². The number of benzene rings is 1. The van der Waals surface area contributed by atoms with Crippen LogP contribution in [0, 0.1) is 0 Å². The molecule has 0 saturated carbocycles. The zero-order valence-corrected chi connectivity index (χ0v) is 6.46. The van der Waals surface area contributed by atoms with Gasteiger partial charge in [0.15, 0.2) is 0 Å². The summed E-state index contributed by atoms with van der Waals surface area (Å²) in [4.78, 5) is 6.54. The van der Waals surface area contributed by atoms with E-state index in [1.807, 2.05) is 12.3 Å². The Kier molecular flexibility index (Phi) is 0.939. The first-order valence-corrected chi connectivity index (χ1v) is 3.99. The molecule has 2 aromatic heterocycles. The van der Waals surface area contributed by atoms with Crippen LogP contribution in [0.15, 0.2) is 36.5 Å². The van der Waals surface area contributed by atoms with Crippen LogP contribution in [0.5, 0.6) is 0 Å². The van der Waals surface area contributed by atoms with Crippen molar-refractivity contribution >= 4 is 21.9 Å². The monoisotopic (exact) mass is 156 g/mol. The van der Waals surface area contributed by atoms with Crippen molar-refractivity contribution in [1.82, 2.24) is 9.97 Å². The number of H-pyrrole nitrogens is 2. The lowest BCUT2D eigenvalue weighted by molar-refractivity contribution is 1.49. The van der Waals surface area contributed by atoms with Crippen molar-refractivity contribution in [1.29, 1.82) is 0 Å². The standard InChI is InChI=1S/C10H8N2/c1-2-4-8-7(3-1)10-9(12-8)5-6-11-10/h1-6,11-12H. The first-order valence-electron chi connectivity index (χ1n) is 3.99. The van der Waals surface area contributed by atoms with Crippen molar-refractivity contribution in [2.75, 3.05) is 0 Å². The Balaban J connectivity index is 2.68. The van der Waals surface area contributed by atoms with Crippen LogP contribution in [0.4, 0.5) is 0 Å². The summed E-state index contributed by atoms with van der Waals surface area (Å²) < 4.78 is 0. The fraction of sp³-hybridized carbons (Fsp3) is 0. The topological polar surface area (TPSA) is 31.6 Å². The molecule has 0 radical (unpaired) electrons. The summed E-state index contributed by atoms with van der Waals surface area (Å²) in [7, 11) is 0. The number of aromatic nitrogens is 2. The Labute approximate surface area is 69.2 Å². The molecule has 0 amide bonds. The Morgan fingerprint density at radius 1 is 0.917 bits per heavy atom. The number of nitrogens with one attached hydrogen (secondary N) is 2. The highest BCUT2D eigenvalue weighted by Gasteiger charge is 2.01. The van der Waals surface area contributed by atoms with Crippen molar-refractivity contribution in [3.8, 4) is 0 Å². The fourth-order valence-electron chi connectivity index (χ4n) is 1.65. The molecule has 3 rings (SSSR count). The average Bonchev–Trinajstić information content (AvgIpc) is 2.62. The van der Waals surface area contributed by atoms with Crippen LogP contribution in [0.3, 0.4) is 0 Å². The minimum absolute atomic E-state index is 1.18. The molecule has 0 saturated heterocycles. The highest BCUT2D eigenvalue weighted by molar-refractivity contribution is 6.04. The van der Waals surface area contributed by atoms with Crippen LogP contribution in [0.2, 0.25) is 0 Å². The summed E-state index contributed by atoms with van der Waals surface area (Å²) >= 11 is 0. The van der Waals surface area contributed by atoms with E-state index in [1.54, 1.807) is 0 Å². The first-order chi connectivity index (χ1) is 5.95. The minimum Gasteiger partial charge on any atom is -0.359 e. The average molecular weight is 156 g/mol. The smallest absolute Gasteiger partial charge is 0.0714 e. The Morgan fingerprint density at radius 2 is 1.83 bits per heavy atom. The Hall–Kier alpha value is -1.70. The molecule has 0 atom stereocenters. The van der Waals surface area contributed by atoms with E-state index in [4.69, 9.17) is 0 Å². The van der Waals surface area contributed by atoms with Crippen molar-refractivity contribution in [2.24, 2.45) is 0 Å². The zero-order valence-electron chi connectivity index (χ0n) is 6.46. The van der Waals surface area contributed by atoms with Gasteiger partial charge >= 0.3 is 0 Å². The third-order valence-electron chi connectivity index (χ3n) is 2.21. The number of para-hydroxylation sites is 1. The van der Waals surface area contributed by atoms with Gasteiger partial charge in [0.05, 0.1) is 11.0 Å². The van der Waals surface area contributed by atoms with E-state index in [0.29, 0.717) is 0 Å². The number of hydrogen-bond donors (Lipinski definition) is 2. The summed E-state index contributed by atoms with van der Waals surface area (Å²) in [5.74, 6) is 0. The summed E-state index contributed by atoms with van der Waals surface area (Å²) in [6, 6.07) is 10.3. The Morgan fingerprint density at radius 3 is 2.83 bits per heavy atom. The highest BCUT2D eigenvalue weighted by Crippen LogP contribution is 2.22. The van der Waals surface area contributed by atoms with Crippen LogP contribution in [0.25, 0.3) is 21.9 Å². The van der Waals surface area contributed by atoms with Crippen molar-refractivity contribution in [3.05, 3.63) is 36.5 Å². The first kappa shape index (κ1) is 5.89. The molecular formula is C10H8N2. The van der Waals surface area contributed by atoms with Crippen LogP contribution in [-0.2, 0) is 0 Å². The maximum Gasteiger partial charge on any atom is 0.0714 e. The van der Waals surface area contributed by atoms with Gasteiger partial charge in [-0.25, -0.2) is 0 Å². The lowest BCUT2D eigenvalue weighted by Crippen LogP contribution is -1.65. The highest BCUT2D eigenvalue weighted by atomic mass is 14.8. The molecule has 2 N–H and O–H groups in total. The van der Waals surface area contributed by atoms with Crippen molar-refractivity contribution < 1.29 is 0 Å². The molecule has 0 aliphatic carbocycles. The van der Waals surface area contributed by atoms with Crippen LogP contribution in [0.1, 0.15) is 0 Å². The van der Waals surface area contributed by atoms with E-state index in [0.717, 1.165) is 0 Å². The van der Waals surface area contributed by atoms with Crippen LogP contribution in [-0.4, -0.2) is 9.97 Å². The maximum absolute atomic E-state index is 3.33. The second kappa shape index (κ2) is 1.91. The van der Waals surface area contributed by atoms with Gasteiger partial charge in [0, 0.05) is 17.1 Å². The van der Waals surface area contributed by atoms with Gasteiger partial charge in [-0.3, -0.25) is 0 Å². The fourth-order valence-corrected chi connectivity index (χ4v) is 1.65. The zero-order chi connectivity index (χ0) is 7.97. The van der Waals surface area contributed by atoms with Crippen LogP contribution < -0.4 is 0 Å². The lowest BCUT2D eigenvalue weighted by atomic mass is 10.2. The molecule has 0 bridgehead atoms. The van der Waals surface area contributed by atoms with Gasteiger partial charge in [0.2, 0.25) is 0 Å². The normalized spacial score (nSPS) is 11.3. The molecule has 2 heteroatoms. The molecule has 0 aliphatic rings. The number of aromatic amines is 2. The second-order valence-electron chi connectivity index (χ2n) is 2.94. The molecule has 12 heavy (non-hydrogen) atoms. The molecule has 0 spiro atoms. The van der Waals surface area contributed by atoms with Gasteiger partial charge in [-0.05, 0) is 12.1 Å². The van der Waals surface area contributed by atoms with Gasteiger partial charge in [-0.1, -0.05) is 18.2 Å². The summed E-state index contributed by atoms with van der Waals surface area (Å²) in [6.45, 7) is 0. The van der Waals surface area contributed by atoms with Crippen molar-refractivity contribution in [2.45, 2.75) is 0 Å². The van der Waals surface area contributed by atoms with Gasteiger partial charge in [-0.15, -0.1) is 0 Å². The van der Waals surface area contributed by atoms with E-state index in [9.17, 15) is 0 Å². The molecule has 2 nitrogen and oxygen atoms in total. The van der Waals surface area contributed by atoms with Gasteiger partial charge in [0.25, 0.3) is 0 Å². The number of hydrogen-bond acceptors (Lipinski definition) is 0. The van der Waals surface area contributed by atoms with Gasteiger partial charge in [-0.2, -0.15) is 0 Å². The molecule has 1 aromatic carbocycles. The summed E-state index contributed by atoms with van der Waals surface area (Å²) in [5.41, 5.74) is 3.57. The predicted molar refractivity (Wildman–Crippen MR) is 50.2 cm³/mol. The van der Waals surface area contributed by atoms with Crippen molar-refractivity contribution in [3.63, 3.8) is 0 Å². The van der Waals surface area contributed by atoms with Gasteiger partial charge in [0.1, 0.15) is 0 Å². The maximum atomic E-state index is 3.33. The molecule has 2 heterocycles. The quantitative estimate of drug-likeness (QED) is 0.501. The van der Waals surface area contributed by atoms with Crippen LogP contribution >= 0.6 is 0 Å². The number of fused-ring (bicyclic) bond motifs is 3. The van der Waals surface area contributed by atoms with E-state index in [2.05, 4.69) is 34.2 Å².